The van der Waals surface area contributed by atoms with Gasteiger partial charge in [0, 0.05) is 19.8 Å². The molecule has 0 spiro atoms. The van der Waals surface area contributed by atoms with E-state index in [9.17, 15) is 4.79 Å². The molecule has 2 aliphatic rings. The monoisotopic (exact) mass is 299 g/mol. The quantitative estimate of drug-likeness (QED) is 0.219. The topological polar surface area (TPSA) is 106 Å². The van der Waals surface area contributed by atoms with E-state index in [1.807, 2.05) is 0 Å². The van der Waals surface area contributed by atoms with E-state index in [1.54, 1.807) is 0 Å². The van der Waals surface area contributed by atoms with Crippen molar-refractivity contribution < 1.29 is 19.5 Å². The van der Waals surface area contributed by atoms with E-state index >= 15 is 0 Å². The molecule has 1 saturated carbocycles. The van der Waals surface area contributed by atoms with Crippen LogP contribution in [0.5, 0.6) is 0 Å². The zero-order valence-corrected chi connectivity index (χ0v) is 12.3. The highest BCUT2D eigenvalue weighted by atomic mass is 16.5. The molecule has 1 amide bonds. The van der Waals surface area contributed by atoms with E-state index in [-0.39, 0.29) is 11.7 Å². The minimum atomic E-state index is -0.958. The molecule has 0 aromatic rings. The molecule has 1 saturated heterocycles. The van der Waals surface area contributed by atoms with Gasteiger partial charge in [0.25, 0.3) is 0 Å². The van der Waals surface area contributed by atoms with Gasteiger partial charge in [0.2, 0.25) is 5.91 Å². The van der Waals surface area contributed by atoms with Gasteiger partial charge in [-0.05, 0) is 25.7 Å². The largest absolute Gasteiger partial charge is 0.409 e. The lowest BCUT2D eigenvalue weighted by Crippen LogP contribution is -2.53. The van der Waals surface area contributed by atoms with Gasteiger partial charge in [0.15, 0.2) is 5.84 Å². The number of hydrogen-bond donors (Lipinski definition) is 3. The number of amides is 1. The van der Waals surface area contributed by atoms with Crippen LogP contribution in [-0.4, -0.2) is 49.4 Å². The second-order valence-electron chi connectivity index (χ2n) is 5.71. The number of hydrogen-bond acceptors (Lipinski definition) is 5. The Hall–Kier alpha value is -1.34. The standard InChI is InChI=1S/C14H25N3O4/c15-12(17-19)14(5-8-20-9-6-14)13(18)16-7-10-21-11-3-1-2-4-11/h11,19H,1-10H2,(H2,15,17)(H,16,18). The minimum Gasteiger partial charge on any atom is -0.409 e. The van der Waals surface area contributed by atoms with Crippen LogP contribution in [0.3, 0.4) is 0 Å². The Morgan fingerprint density at radius 1 is 1.38 bits per heavy atom. The number of oxime groups is 1. The Morgan fingerprint density at radius 3 is 2.67 bits per heavy atom. The lowest BCUT2D eigenvalue weighted by atomic mass is 9.78. The summed E-state index contributed by atoms with van der Waals surface area (Å²) in [4.78, 5) is 12.4. The molecular formula is C14H25N3O4. The molecular weight excluding hydrogens is 274 g/mol. The van der Waals surface area contributed by atoms with Crippen LogP contribution in [0.2, 0.25) is 0 Å². The Balaban J connectivity index is 1.81. The highest BCUT2D eigenvalue weighted by molar-refractivity contribution is 6.06. The predicted octanol–water partition coefficient (Wildman–Crippen LogP) is 0.605. The summed E-state index contributed by atoms with van der Waals surface area (Å²) in [5, 5.41) is 14.8. The normalized spacial score (nSPS) is 23.1. The van der Waals surface area contributed by atoms with Crippen LogP contribution in [0.4, 0.5) is 0 Å². The maximum Gasteiger partial charge on any atom is 0.234 e. The van der Waals surface area contributed by atoms with Crippen LogP contribution >= 0.6 is 0 Å². The van der Waals surface area contributed by atoms with Crippen molar-refractivity contribution >= 4 is 11.7 Å². The molecule has 120 valence electrons. The van der Waals surface area contributed by atoms with Crippen molar-refractivity contribution in [3.8, 4) is 0 Å². The Kier molecular flexibility index (Phi) is 5.81. The van der Waals surface area contributed by atoms with Gasteiger partial charge in [0.05, 0.1) is 12.7 Å². The second kappa shape index (κ2) is 7.61. The van der Waals surface area contributed by atoms with Crippen LogP contribution < -0.4 is 11.1 Å². The number of carbonyl (C=O) groups is 1. The molecule has 0 atom stereocenters. The van der Waals surface area contributed by atoms with E-state index in [1.165, 1.54) is 12.8 Å². The average Bonchev–Trinajstić information content (AvgIpc) is 3.04. The van der Waals surface area contributed by atoms with Crippen LogP contribution in [-0.2, 0) is 14.3 Å². The molecule has 7 nitrogen and oxygen atoms in total. The van der Waals surface area contributed by atoms with Crippen molar-refractivity contribution in [2.45, 2.75) is 44.6 Å². The van der Waals surface area contributed by atoms with Gasteiger partial charge in [-0.15, -0.1) is 0 Å². The molecule has 21 heavy (non-hydrogen) atoms. The third kappa shape index (κ3) is 3.85. The number of nitrogens with one attached hydrogen (secondary N) is 1. The zero-order chi connectivity index (χ0) is 15.1. The molecule has 0 radical (unpaired) electrons. The van der Waals surface area contributed by atoms with Crippen molar-refractivity contribution in [3.05, 3.63) is 0 Å². The SMILES string of the molecule is NC(=NO)C1(C(=O)NCCOC2CCCC2)CCOCC1. The summed E-state index contributed by atoms with van der Waals surface area (Å²) in [6, 6.07) is 0. The van der Waals surface area contributed by atoms with E-state index in [4.69, 9.17) is 20.4 Å². The molecule has 1 heterocycles. The Bertz CT molecular complexity index is 374. The Morgan fingerprint density at radius 2 is 2.05 bits per heavy atom. The third-order valence-corrected chi connectivity index (χ3v) is 4.42. The fourth-order valence-corrected chi connectivity index (χ4v) is 3.03. The van der Waals surface area contributed by atoms with E-state index < -0.39 is 5.41 Å². The predicted molar refractivity (Wildman–Crippen MR) is 77.1 cm³/mol. The summed E-state index contributed by atoms with van der Waals surface area (Å²) in [7, 11) is 0. The van der Waals surface area contributed by atoms with Gasteiger partial charge in [0.1, 0.15) is 5.41 Å². The van der Waals surface area contributed by atoms with Crippen LogP contribution in [0.25, 0.3) is 0 Å². The third-order valence-electron chi connectivity index (χ3n) is 4.42. The smallest absolute Gasteiger partial charge is 0.234 e. The summed E-state index contributed by atoms with van der Waals surface area (Å²) in [6.07, 6.45) is 5.87. The fourth-order valence-electron chi connectivity index (χ4n) is 3.03. The molecule has 2 rings (SSSR count). The summed E-state index contributed by atoms with van der Waals surface area (Å²) >= 11 is 0. The highest BCUT2D eigenvalue weighted by Gasteiger charge is 2.44. The first-order chi connectivity index (χ1) is 10.2. The first-order valence-electron chi connectivity index (χ1n) is 7.65. The molecule has 7 heteroatoms. The van der Waals surface area contributed by atoms with Gasteiger partial charge < -0.3 is 25.7 Å². The summed E-state index contributed by atoms with van der Waals surface area (Å²) < 4.78 is 11.0. The minimum absolute atomic E-state index is 0.0417. The van der Waals surface area contributed by atoms with Crippen LogP contribution in [0.15, 0.2) is 5.16 Å². The molecule has 1 aliphatic carbocycles. The maximum atomic E-state index is 12.4. The molecule has 1 aliphatic heterocycles. The number of nitrogens with zero attached hydrogens (tertiary/aromatic N) is 1. The summed E-state index contributed by atoms with van der Waals surface area (Å²) in [6.45, 7) is 1.81. The lowest BCUT2D eigenvalue weighted by Gasteiger charge is -2.34. The van der Waals surface area contributed by atoms with Gasteiger partial charge in [-0.3, -0.25) is 4.79 Å². The number of nitrogens with two attached hydrogens (primary N) is 1. The number of carbonyl (C=O) groups excluding carboxylic acids is 1. The van der Waals surface area contributed by atoms with Gasteiger partial charge >= 0.3 is 0 Å². The van der Waals surface area contributed by atoms with Crippen molar-refractivity contribution in [2.24, 2.45) is 16.3 Å². The van der Waals surface area contributed by atoms with E-state index in [2.05, 4.69) is 10.5 Å². The van der Waals surface area contributed by atoms with Gasteiger partial charge in [-0.25, -0.2) is 0 Å². The second-order valence-corrected chi connectivity index (χ2v) is 5.71. The average molecular weight is 299 g/mol. The van der Waals surface area contributed by atoms with E-state index in [0.717, 1.165) is 12.8 Å². The van der Waals surface area contributed by atoms with Gasteiger partial charge in [-0.1, -0.05) is 18.0 Å². The van der Waals surface area contributed by atoms with Crippen molar-refractivity contribution in [3.63, 3.8) is 0 Å². The molecule has 4 N–H and O–H groups in total. The zero-order valence-electron chi connectivity index (χ0n) is 12.3. The van der Waals surface area contributed by atoms with Crippen LogP contribution in [0, 0.1) is 5.41 Å². The molecule has 2 fully saturated rings. The number of ether oxygens (including phenoxy) is 2. The highest BCUT2D eigenvalue weighted by Crippen LogP contribution is 2.31. The first kappa shape index (κ1) is 16.0. The van der Waals surface area contributed by atoms with Crippen molar-refractivity contribution in [1.82, 2.24) is 5.32 Å². The Labute approximate surface area is 124 Å². The van der Waals surface area contributed by atoms with Crippen molar-refractivity contribution in [1.29, 1.82) is 0 Å². The lowest BCUT2D eigenvalue weighted by molar-refractivity contribution is -0.132. The molecule has 0 bridgehead atoms. The molecule has 0 aromatic carbocycles. The maximum absolute atomic E-state index is 12.4. The van der Waals surface area contributed by atoms with Crippen molar-refractivity contribution in [2.75, 3.05) is 26.4 Å². The number of amidine groups is 1. The van der Waals surface area contributed by atoms with E-state index in [0.29, 0.717) is 45.3 Å². The van der Waals surface area contributed by atoms with Gasteiger partial charge in [-0.2, -0.15) is 0 Å². The molecule has 0 aromatic heterocycles. The summed E-state index contributed by atoms with van der Waals surface area (Å²) in [5.41, 5.74) is 4.78. The first-order valence-corrected chi connectivity index (χ1v) is 7.65. The fraction of sp³-hybridized carbons (Fsp3) is 0.857. The summed E-state index contributed by atoms with van der Waals surface area (Å²) in [5.74, 6) is -0.254. The molecule has 0 unspecified atom stereocenters. The van der Waals surface area contributed by atoms with Crippen LogP contribution in [0.1, 0.15) is 38.5 Å². The number of rotatable bonds is 6.